The van der Waals surface area contributed by atoms with Gasteiger partial charge in [-0.1, -0.05) is 17.7 Å². The first-order chi connectivity index (χ1) is 7.29. The Labute approximate surface area is 90.3 Å². The fourth-order valence-corrected chi connectivity index (χ4v) is 1.60. The molecule has 1 saturated carbocycles. The number of hydrogen-bond acceptors (Lipinski definition) is 2. The maximum Gasteiger partial charge on any atom is 0.122 e. The molecule has 1 aromatic rings. The second-order valence-corrected chi connectivity index (χ2v) is 4.13. The predicted octanol–water partition coefficient (Wildman–Crippen LogP) is 2.67. The van der Waals surface area contributed by atoms with Gasteiger partial charge in [0.25, 0.3) is 0 Å². The molecular weight excluding hydrogens is 188 g/mol. The minimum absolute atomic E-state index is 0.419. The van der Waals surface area contributed by atoms with E-state index in [-0.39, 0.29) is 0 Å². The number of aryl methyl sites for hydroxylation is 2. The molecule has 1 aromatic carbocycles. The minimum Gasteiger partial charge on any atom is -0.490 e. The number of carbonyl (C=O) groups is 1. The SMILES string of the molecule is Cc1ccc(OC2CC2)c(CCC=O)c1. The van der Waals surface area contributed by atoms with Crippen LogP contribution in [0.25, 0.3) is 0 Å². The monoisotopic (exact) mass is 204 g/mol. The largest absolute Gasteiger partial charge is 0.490 e. The number of aldehydes is 1. The first-order valence-corrected chi connectivity index (χ1v) is 5.49. The Bertz CT molecular complexity index is 354. The Morgan fingerprint density at radius 1 is 1.47 bits per heavy atom. The van der Waals surface area contributed by atoms with Crippen LogP contribution in [0, 0.1) is 6.92 Å². The van der Waals surface area contributed by atoms with Crippen molar-refractivity contribution < 1.29 is 9.53 Å². The molecule has 0 radical (unpaired) electrons. The van der Waals surface area contributed by atoms with Crippen molar-refractivity contribution >= 4 is 6.29 Å². The van der Waals surface area contributed by atoms with Crippen LogP contribution in [-0.4, -0.2) is 12.4 Å². The molecule has 0 aliphatic heterocycles. The van der Waals surface area contributed by atoms with Crippen molar-refractivity contribution in [2.24, 2.45) is 0 Å². The van der Waals surface area contributed by atoms with Crippen molar-refractivity contribution in [2.45, 2.75) is 38.7 Å². The van der Waals surface area contributed by atoms with Crippen LogP contribution in [0.5, 0.6) is 5.75 Å². The van der Waals surface area contributed by atoms with Crippen molar-refractivity contribution in [3.63, 3.8) is 0 Å². The van der Waals surface area contributed by atoms with Crippen molar-refractivity contribution in [2.75, 3.05) is 0 Å². The third kappa shape index (κ3) is 2.82. The van der Waals surface area contributed by atoms with Gasteiger partial charge in [0.2, 0.25) is 0 Å². The van der Waals surface area contributed by atoms with E-state index in [1.165, 1.54) is 18.4 Å². The molecular formula is C13H16O2. The Morgan fingerprint density at radius 3 is 2.93 bits per heavy atom. The van der Waals surface area contributed by atoms with Gasteiger partial charge in [-0.3, -0.25) is 0 Å². The van der Waals surface area contributed by atoms with Crippen molar-refractivity contribution in [3.8, 4) is 5.75 Å². The zero-order valence-electron chi connectivity index (χ0n) is 9.03. The minimum atomic E-state index is 0.419. The average molecular weight is 204 g/mol. The maximum atomic E-state index is 10.4. The molecule has 0 saturated heterocycles. The zero-order chi connectivity index (χ0) is 10.7. The molecule has 2 nitrogen and oxygen atoms in total. The number of benzene rings is 1. The van der Waals surface area contributed by atoms with Gasteiger partial charge in [0.15, 0.2) is 0 Å². The Morgan fingerprint density at radius 2 is 2.27 bits per heavy atom. The van der Waals surface area contributed by atoms with E-state index in [9.17, 15) is 4.79 Å². The molecule has 0 bridgehead atoms. The Hall–Kier alpha value is -1.31. The third-order valence-corrected chi connectivity index (χ3v) is 2.57. The van der Waals surface area contributed by atoms with Crippen LogP contribution in [-0.2, 0) is 11.2 Å². The van der Waals surface area contributed by atoms with Gasteiger partial charge in [-0.15, -0.1) is 0 Å². The Balaban J connectivity index is 2.13. The normalized spacial score (nSPS) is 15.0. The summed E-state index contributed by atoms with van der Waals surface area (Å²) in [5.41, 5.74) is 2.38. The first-order valence-electron chi connectivity index (χ1n) is 5.49. The van der Waals surface area contributed by atoms with E-state index in [0.717, 1.165) is 24.0 Å². The van der Waals surface area contributed by atoms with Gasteiger partial charge in [0.1, 0.15) is 12.0 Å². The standard InChI is InChI=1S/C13H16O2/c1-10-4-7-13(15-12-5-6-12)11(9-10)3-2-8-14/h4,7-9,12H,2-3,5-6H2,1H3. The molecule has 80 valence electrons. The summed E-state index contributed by atoms with van der Waals surface area (Å²) >= 11 is 0. The molecule has 1 fully saturated rings. The predicted molar refractivity (Wildman–Crippen MR) is 59.2 cm³/mol. The van der Waals surface area contributed by atoms with Crippen LogP contribution in [0.1, 0.15) is 30.4 Å². The number of hydrogen-bond donors (Lipinski definition) is 0. The molecule has 0 amide bonds. The summed E-state index contributed by atoms with van der Waals surface area (Å²) < 4.78 is 5.79. The zero-order valence-corrected chi connectivity index (χ0v) is 9.03. The van der Waals surface area contributed by atoms with Crippen LogP contribution in [0.15, 0.2) is 18.2 Å². The summed E-state index contributed by atoms with van der Waals surface area (Å²) in [5.74, 6) is 0.963. The topological polar surface area (TPSA) is 26.3 Å². The van der Waals surface area contributed by atoms with Gasteiger partial charge < -0.3 is 9.53 Å². The lowest BCUT2D eigenvalue weighted by Crippen LogP contribution is -2.00. The second-order valence-electron chi connectivity index (χ2n) is 4.13. The molecule has 1 aliphatic carbocycles. The summed E-state index contributed by atoms with van der Waals surface area (Å²) in [5, 5.41) is 0. The molecule has 0 aromatic heterocycles. The lowest BCUT2D eigenvalue weighted by atomic mass is 10.1. The highest BCUT2D eigenvalue weighted by molar-refractivity contribution is 5.51. The quantitative estimate of drug-likeness (QED) is 0.689. The van der Waals surface area contributed by atoms with Gasteiger partial charge in [-0.05, 0) is 37.8 Å². The first kappa shape index (κ1) is 10.2. The van der Waals surface area contributed by atoms with Gasteiger partial charge in [0, 0.05) is 6.42 Å². The van der Waals surface area contributed by atoms with E-state index in [1.54, 1.807) is 0 Å². The lowest BCUT2D eigenvalue weighted by Gasteiger charge is -2.10. The molecule has 2 rings (SSSR count). The van der Waals surface area contributed by atoms with E-state index in [4.69, 9.17) is 4.74 Å². The van der Waals surface area contributed by atoms with E-state index >= 15 is 0 Å². The van der Waals surface area contributed by atoms with Crippen LogP contribution in [0.3, 0.4) is 0 Å². The highest BCUT2D eigenvalue weighted by atomic mass is 16.5. The number of rotatable bonds is 5. The highest BCUT2D eigenvalue weighted by Gasteiger charge is 2.24. The number of ether oxygens (including phenoxy) is 1. The molecule has 15 heavy (non-hydrogen) atoms. The maximum absolute atomic E-state index is 10.4. The molecule has 1 aliphatic rings. The van der Waals surface area contributed by atoms with Crippen molar-refractivity contribution in [1.82, 2.24) is 0 Å². The number of carbonyl (C=O) groups excluding carboxylic acids is 1. The average Bonchev–Trinajstić information content (AvgIpc) is 3.02. The summed E-state index contributed by atoms with van der Waals surface area (Å²) in [6.45, 7) is 2.06. The fraction of sp³-hybridized carbons (Fsp3) is 0.462. The van der Waals surface area contributed by atoms with Gasteiger partial charge in [-0.25, -0.2) is 0 Å². The summed E-state index contributed by atoms with van der Waals surface area (Å²) in [7, 11) is 0. The molecule has 0 spiro atoms. The molecule has 0 N–H and O–H groups in total. The molecule has 2 heteroatoms. The van der Waals surface area contributed by atoms with Crippen LogP contribution >= 0.6 is 0 Å². The summed E-state index contributed by atoms with van der Waals surface area (Å²) in [4.78, 5) is 10.4. The van der Waals surface area contributed by atoms with Gasteiger partial charge in [0.05, 0.1) is 6.10 Å². The molecule has 0 atom stereocenters. The van der Waals surface area contributed by atoms with Crippen molar-refractivity contribution in [1.29, 1.82) is 0 Å². The van der Waals surface area contributed by atoms with Crippen LogP contribution in [0.4, 0.5) is 0 Å². The van der Waals surface area contributed by atoms with Gasteiger partial charge in [-0.2, -0.15) is 0 Å². The lowest BCUT2D eigenvalue weighted by molar-refractivity contribution is -0.107. The third-order valence-electron chi connectivity index (χ3n) is 2.57. The Kier molecular flexibility index (Phi) is 3.05. The fourth-order valence-electron chi connectivity index (χ4n) is 1.60. The summed E-state index contributed by atoms with van der Waals surface area (Å²) in [6, 6.07) is 6.19. The van der Waals surface area contributed by atoms with E-state index in [2.05, 4.69) is 19.1 Å². The second kappa shape index (κ2) is 4.47. The smallest absolute Gasteiger partial charge is 0.122 e. The van der Waals surface area contributed by atoms with Gasteiger partial charge >= 0.3 is 0 Å². The van der Waals surface area contributed by atoms with Crippen molar-refractivity contribution in [3.05, 3.63) is 29.3 Å². The van der Waals surface area contributed by atoms with Crippen LogP contribution in [0.2, 0.25) is 0 Å². The summed E-state index contributed by atoms with van der Waals surface area (Å²) in [6.07, 6.45) is 5.07. The van der Waals surface area contributed by atoms with Crippen LogP contribution < -0.4 is 4.74 Å². The van der Waals surface area contributed by atoms with E-state index in [0.29, 0.717) is 12.5 Å². The molecule has 0 heterocycles. The molecule has 0 unspecified atom stereocenters. The van der Waals surface area contributed by atoms with E-state index < -0.39 is 0 Å². The highest BCUT2D eigenvalue weighted by Crippen LogP contribution is 2.30. The van der Waals surface area contributed by atoms with E-state index in [1.807, 2.05) is 6.07 Å².